The molecule has 0 fully saturated rings. The van der Waals surface area contributed by atoms with E-state index in [1.54, 1.807) is 0 Å². The van der Waals surface area contributed by atoms with Gasteiger partial charge in [0.1, 0.15) is 12.4 Å². The van der Waals surface area contributed by atoms with E-state index in [0.29, 0.717) is 12.5 Å². The maximum atomic E-state index is 10.6. The quantitative estimate of drug-likeness (QED) is 0.619. The summed E-state index contributed by atoms with van der Waals surface area (Å²) in [6.45, 7) is 0.630. The van der Waals surface area contributed by atoms with Crippen LogP contribution in [0.5, 0.6) is 0 Å². The average molecular weight is 287 g/mol. The Morgan fingerprint density at radius 3 is 2.14 bits per heavy atom. The van der Waals surface area contributed by atoms with E-state index in [9.17, 15) is 10.1 Å². The first-order valence-corrected chi connectivity index (χ1v) is 6.41. The average Bonchev–Trinajstić information content (AvgIpc) is 2.47. The van der Waals surface area contributed by atoms with Gasteiger partial charge in [0.2, 0.25) is 5.95 Å². The molecule has 7 nitrogen and oxygen atoms in total. The van der Waals surface area contributed by atoms with Crippen LogP contribution in [-0.2, 0) is 6.54 Å². The molecular weight excluding hydrogens is 270 g/mol. The van der Waals surface area contributed by atoms with Crippen LogP contribution < -0.4 is 9.80 Å². The molecule has 0 radical (unpaired) electrons. The molecule has 0 spiro atoms. The number of benzene rings is 1. The Kier molecular flexibility index (Phi) is 4.32. The van der Waals surface area contributed by atoms with E-state index in [0.717, 1.165) is 11.3 Å². The SMILES string of the molecule is CN(C)c1ccc(CN(C)c2ncc([N+](=O)[O-])cn2)cc1. The van der Waals surface area contributed by atoms with Gasteiger partial charge < -0.3 is 9.80 Å². The summed E-state index contributed by atoms with van der Waals surface area (Å²) in [6.07, 6.45) is 2.43. The Balaban J connectivity index is 2.06. The molecule has 0 amide bonds. The van der Waals surface area contributed by atoms with Gasteiger partial charge in [0, 0.05) is 33.4 Å². The third-order valence-electron chi connectivity index (χ3n) is 3.05. The van der Waals surface area contributed by atoms with E-state index in [1.807, 2.05) is 55.2 Å². The van der Waals surface area contributed by atoms with Gasteiger partial charge in [-0.3, -0.25) is 10.1 Å². The molecule has 2 rings (SSSR count). The number of rotatable bonds is 5. The maximum absolute atomic E-state index is 10.6. The van der Waals surface area contributed by atoms with Gasteiger partial charge >= 0.3 is 5.69 Å². The van der Waals surface area contributed by atoms with Gasteiger partial charge in [0.05, 0.1) is 4.92 Å². The second-order valence-electron chi connectivity index (χ2n) is 4.92. The van der Waals surface area contributed by atoms with Crippen molar-refractivity contribution in [3.63, 3.8) is 0 Å². The number of hydrogen-bond acceptors (Lipinski definition) is 6. The van der Waals surface area contributed by atoms with Gasteiger partial charge in [-0.25, -0.2) is 9.97 Å². The highest BCUT2D eigenvalue weighted by molar-refractivity contribution is 5.46. The lowest BCUT2D eigenvalue weighted by molar-refractivity contribution is -0.385. The molecule has 0 atom stereocenters. The van der Waals surface area contributed by atoms with E-state index in [-0.39, 0.29) is 5.69 Å². The summed E-state index contributed by atoms with van der Waals surface area (Å²) in [6, 6.07) is 8.16. The fraction of sp³-hybridized carbons (Fsp3) is 0.286. The molecule has 21 heavy (non-hydrogen) atoms. The normalized spacial score (nSPS) is 10.2. The summed E-state index contributed by atoms with van der Waals surface area (Å²) in [4.78, 5) is 21.9. The number of hydrogen-bond donors (Lipinski definition) is 0. The zero-order chi connectivity index (χ0) is 15.4. The Hall–Kier alpha value is -2.70. The highest BCUT2D eigenvalue weighted by atomic mass is 16.6. The molecule has 0 bridgehead atoms. The van der Waals surface area contributed by atoms with Gasteiger partial charge in [0.15, 0.2) is 0 Å². The lowest BCUT2D eigenvalue weighted by Crippen LogP contribution is -2.19. The first-order valence-electron chi connectivity index (χ1n) is 6.41. The third kappa shape index (κ3) is 3.65. The lowest BCUT2D eigenvalue weighted by Gasteiger charge is -2.18. The van der Waals surface area contributed by atoms with E-state index in [2.05, 4.69) is 9.97 Å². The van der Waals surface area contributed by atoms with Crippen molar-refractivity contribution in [2.45, 2.75) is 6.54 Å². The summed E-state index contributed by atoms with van der Waals surface area (Å²) in [5, 5.41) is 10.6. The van der Waals surface area contributed by atoms with Crippen molar-refractivity contribution in [1.82, 2.24) is 9.97 Å². The van der Waals surface area contributed by atoms with Crippen LogP contribution in [0.15, 0.2) is 36.7 Å². The highest BCUT2D eigenvalue weighted by Gasteiger charge is 2.10. The van der Waals surface area contributed by atoms with Crippen molar-refractivity contribution in [2.75, 3.05) is 30.9 Å². The topological polar surface area (TPSA) is 75.4 Å². The molecule has 0 aliphatic heterocycles. The van der Waals surface area contributed by atoms with Crippen molar-refractivity contribution >= 4 is 17.3 Å². The first-order chi connectivity index (χ1) is 9.97. The van der Waals surface area contributed by atoms with Crippen LogP contribution in [0.2, 0.25) is 0 Å². The molecule has 0 saturated carbocycles. The predicted octanol–water partition coefficient (Wildman–Crippen LogP) is 2.09. The van der Waals surface area contributed by atoms with Crippen LogP contribution in [-0.4, -0.2) is 36.0 Å². The highest BCUT2D eigenvalue weighted by Crippen LogP contribution is 2.16. The molecule has 0 saturated heterocycles. The van der Waals surface area contributed by atoms with Gasteiger partial charge in [-0.2, -0.15) is 0 Å². The zero-order valence-electron chi connectivity index (χ0n) is 12.2. The minimum atomic E-state index is -0.510. The fourth-order valence-corrected chi connectivity index (χ4v) is 1.85. The van der Waals surface area contributed by atoms with Crippen LogP contribution in [0.25, 0.3) is 0 Å². The molecule has 2 aromatic rings. The van der Waals surface area contributed by atoms with Gasteiger partial charge in [-0.15, -0.1) is 0 Å². The Morgan fingerprint density at radius 1 is 1.10 bits per heavy atom. The van der Waals surface area contributed by atoms with Crippen LogP contribution in [0.1, 0.15) is 5.56 Å². The minimum absolute atomic E-state index is 0.109. The largest absolute Gasteiger partial charge is 0.378 e. The van der Waals surface area contributed by atoms with Crippen LogP contribution in [0.3, 0.4) is 0 Å². The standard InChI is InChI=1S/C14H17N5O2/c1-17(2)12-6-4-11(5-7-12)10-18(3)14-15-8-13(9-16-14)19(20)21/h4-9H,10H2,1-3H3. The van der Waals surface area contributed by atoms with Crippen molar-refractivity contribution < 1.29 is 4.92 Å². The van der Waals surface area contributed by atoms with Crippen molar-refractivity contribution in [3.05, 3.63) is 52.3 Å². The number of aromatic nitrogens is 2. The molecule has 110 valence electrons. The second kappa shape index (κ2) is 6.17. The van der Waals surface area contributed by atoms with Crippen molar-refractivity contribution in [2.24, 2.45) is 0 Å². The molecule has 0 N–H and O–H groups in total. The Morgan fingerprint density at radius 2 is 1.67 bits per heavy atom. The van der Waals surface area contributed by atoms with Gasteiger partial charge in [-0.05, 0) is 17.7 Å². The number of nitrogens with zero attached hydrogens (tertiary/aromatic N) is 5. The minimum Gasteiger partial charge on any atom is -0.378 e. The predicted molar refractivity (Wildman–Crippen MR) is 81.6 cm³/mol. The maximum Gasteiger partial charge on any atom is 0.305 e. The van der Waals surface area contributed by atoms with E-state index < -0.39 is 4.92 Å². The van der Waals surface area contributed by atoms with Crippen LogP contribution >= 0.6 is 0 Å². The molecular formula is C14H17N5O2. The van der Waals surface area contributed by atoms with E-state index in [1.165, 1.54) is 12.4 Å². The monoisotopic (exact) mass is 287 g/mol. The molecule has 0 aliphatic carbocycles. The Bertz CT molecular complexity index is 610. The van der Waals surface area contributed by atoms with E-state index >= 15 is 0 Å². The summed E-state index contributed by atoms with van der Waals surface area (Å²) in [5.74, 6) is 0.456. The van der Waals surface area contributed by atoms with Gasteiger partial charge in [-0.1, -0.05) is 12.1 Å². The summed E-state index contributed by atoms with van der Waals surface area (Å²) >= 11 is 0. The smallest absolute Gasteiger partial charge is 0.305 e. The summed E-state index contributed by atoms with van der Waals surface area (Å²) in [5.41, 5.74) is 2.14. The molecule has 7 heteroatoms. The molecule has 1 heterocycles. The van der Waals surface area contributed by atoms with Crippen LogP contribution in [0.4, 0.5) is 17.3 Å². The summed E-state index contributed by atoms with van der Waals surface area (Å²) < 4.78 is 0. The molecule has 1 aromatic heterocycles. The van der Waals surface area contributed by atoms with Gasteiger partial charge in [0.25, 0.3) is 0 Å². The van der Waals surface area contributed by atoms with E-state index in [4.69, 9.17) is 0 Å². The number of nitro groups is 1. The Labute approximate surface area is 123 Å². The lowest BCUT2D eigenvalue weighted by atomic mass is 10.2. The first kappa shape index (κ1) is 14.7. The number of anilines is 2. The molecule has 0 aliphatic rings. The molecule has 1 aromatic carbocycles. The van der Waals surface area contributed by atoms with Crippen molar-refractivity contribution in [3.8, 4) is 0 Å². The summed E-state index contributed by atoms with van der Waals surface area (Å²) in [7, 11) is 5.83. The van der Waals surface area contributed by atoms with Crippen LogP contribution in [0, 0.1) is 10.1 Å². The fourth-order valence-electron chi connectivity index (χ4n) is 1.85. The second-order valence-corrected chi connectivity index (χ2v) is 4.92. The third-order valence-corrected chi connectivity index (χ3v) is 3.05. The molecule has 0 unspecified atom stereocenters. The zero-order valence-corrected chi connectivity index (χ0v) is 12.2. The van der Waals surface area contributed by atoms with Crippen molar-refractivity contribution in [1.29, 1.82) is 0 Å².